The van der Waals surface area contributed by atoms with E-state index >= 15 is 0 Å². The Morgan fingerprint density at radius 3 is 2.47 bits per heavy atom. The zero-order valence-electron chi connectivity index (χ0n) is 19.0. The monoisotopic (exact) mass is 478 g/mol. The average Bonchev–Trinajstić information content (AvgIpc) is 3.21. The van der Waals surface area contributed by atoms with Gasteiger partial charge >= 0.3 is 5.69 Å². The number of thioether (sulfide) groups is 1. The van der Waals surface area contributed by atoms with Crippen LogP contribution in [0.5, 0.6) is 0 Å². The highest BCUT2D eigenvalue weighted by Crippen LogP contribution is 2.25. The lowest BCUT2D eigenvalue weighted by Gasteiger charge is -2.23. The van der Waals surface area contributed by atoms with Crippen molar-refractivity contribution in [3.63, 3.8) is 0 Å². The second-order valence-corrected chi connectivity index (χ2v) is 8.56. The van der Waals surface area contributed by atoms with Gasteiger partial charge in [0.15, 0.2) is 10.8 Å². The molecule has 0 saturated carbocycles. The number of rotatable bonds is 8. The van der Waals surface area contributed by atoms with Gasteiger partial charge in [-0.2, -0.15) is 0 Å². The first-order valence-electron chi connectivity index (χ1n) is 11.0. The van der Waals surface area contributed by atoms with Crippen LogP contribution in [0.3, 0.4) is 0 Å². The number of para-hydroxylation sites is 2. The number of nitrogens with two attached hydrogens (primary N) is 1. The summed E-state index contributed by atoms with van der Waals surface area (Å²) in [5, 5.41) is 0.726. The lowest BCUT2D eigenvalue weighted by atomic mass is 10.2. The van der Waals surface area contributed by atoms with E-state index in [4.69, 9.17) is 5.73 Å². The standard InChI is InChI=1S/C24H26N6O3S/c1-3-28-18-13-9-8-12-17(18)26-24(28)34-15-19(31)29(4-2)20-21(25)30(23(33)27-22(20)32)14-16-10-6-5-7-11-16/h5-13H,3-4,14-15,25H2,1-2H3,(H,27,32,33). The number of fused-ring (bicyclic) bond motifs is 1. The second-order valence-electron chi connectivity index (χ2n) is 7.62. The van der Waals surface area contributed by atoms with Crippen LogP contribution in [0.1, 0.15) is 19.4 Å². The van der Waals surface area contributed by atoms with Gasteiger partial charge in [-0.25, -0.2) is 9.78 Å². The molecule has 2 aromatic heterocycles. The van der Waals surface area contributed by atoms with Gasteiger partial charge in [-0.1, -0.05) is 54.2 Å². The quantitative estimate of drug-likeness (QED) is 0.376. The van der Waals surface area contributed by atoms with Crippen molar-refractivity contribution in [3.8, 4) is 0 Å². The Morgan fingerprint density at radius 1 is 1.06 bits per heavy atom. The fraction of sp³-hybridized carbons (Fsp3) is 0.250. The van der Waals surface area contributed by atoms with E-state index in [1.807, 2.05) is 66.1 Å². The van der Waals surface area contributed by atoms with Crippen molar-refractivity contribution in [2.45, 2.75) is 32.1 Å². The number of aryl methyl sites for hydroxylation is 1. The van der Waals surface area contributed by atoms with Crippen LogP contribution in [-0.2, 0) is 17.9 Å². The highest BCUT2D eigenvalue weighted by Gasteiger charge is 2.24. The molecule has 4 aromatic rings. The molecule has 10 heteroatoms. The van der Waals surface area contributed by atoms with Crippen LogP contribution in [0.4, 0.5) is 11.5 Å². The molecule has 0 aliphatic heterocycles. The molecular weight excluding hydrogens is 452 g/mol. The molecule has 3 N–H and O–H groups in total. The third kappa shape index (κ3) is 4.49. The molecule has 9 nitrogen and oxygen atoms in total. The summed E-state index contributed by atoms with van der Waals surface area (Å²) < 4.78 is 3.32. The highest BCUT2D eigenvalue weighted by molar-refractivity contribution is 7.99. The number of H-pyrrole nitrogens is 1. The summed E-state index contributed by atoms with van der Waals surface area (Å²) in [5.41, 5.74) is 7.66. The van der Waals surface area contributed by atoms with E-state index in [9.17, 15) is 14.4 Å². The zero-order valence-corrected chi connectivity index (χ0v) is 19.8. The normalized spacial score (nSPS) is 11.1. The summed E-state index contributed by atoms with van der Waals surface area (Å²) in [7, 11) is 0. The third-order valence-corrected chi connectivity index (χ3v) is 6.51. The molecule has 0 aliphatic carbocycles. The van der Waals surface area contributed by atoms with Gasteiger partial charge in [-0.15, -0.1) is 0 Å². The van der Waals surface area contributed by atoms with E-state index in [-0.39, 0.29) is 36.3 Å². The van der Waals surface area contributed by atoms with Gasteiger partial charge in [-0.05, 0) is 31.5 Å². The summed E-state index contributed by atoms with van der Waals surface area (Å²) in [6, 6.07) is 17.1. The van der Waals surface area contributed by atoms with E-state index in [0.29, 0.717) is 6.54 Å². The Hall–Kier alpha value is -3.79. The maximum atomic E-state index is 13.2. The van der Waals surface area contributed by atoms with Crippen molar-refractivity contribution < 1.29 is 4.79 Å². The smallest absolute Gasteiger partial charge is 0.330 e. The largest absolute Gasteiger partial charge is 0.383 e. The van der Waals surface area contributed by atoms with E-state index in [1.54, 1.807) is 6.92 Å². The Bertz CT molecular complexity index is 1440. The topological polar surface area (TPSA) is 119 Å². The molecule has 0 aliphatic rings. The Morgan fingerprint density at radius 2 is 1.76 bits per heavy atom. The van der Waals surface area contributed by atoms with Gasteiger partial charge in [0, 0.05) is 13.1 Å². The number of anilines is 2. The minimum Gasteiger partial charge on any atom is -0.383 e. The van der Waals surface area contributed by atoms with Crippen molar-refractivity contribution in [2.24, 2.45) is 0 Å². The van der Waals surface area contributed by atoms with Crippen LogP contribution < -0.4 is 21.9 Å². The lowest BCUT2D eigenvalue weighted by molar-refractivity contribution is -0.116. The van der Waals surface area contributed by atoms with Gasteiger partial charge in [-0.3, -0.25) is 19.1 Å². The number of amides is 1. The minimum atomic E-state index is -0.687. The number of imidazole rings is 1. The number of hydrogen-bond donors (Lipinski definition) is 2. The predicted octanol–water partition coefficient (Wildman–Crippen LogP) is 2.68. The van der Waals surface area contributed by atoms with Gasteiger partial charge in [0.1, 0.15) is 5.82 Å². The minimum absolute atomic E-state index is 0.0207. The fourth-order valence-electron chi connectivity index (χ4n) is 3.89. The van der Waals surface area contributed by atoms with Crippen molar-refractivity contribution >= 4 is 40.2 Å². The molecule has 4 rings (SSSR count). The van der Waals surface area contributed by atoms with Crippen LogP contribution in [-0.4, -0.2) is 37.3 Å². The SMILES string of the molecule is CCN(C(=O)CSc1nc2ccccc2n1CC)c1c(N)n(Cc2ccccc2)c(=O)[nH]c1=O. The molecular formula is C24H26N6O3S. The first-order valence-corrected chi connectivity index (χ1v) is 12.0. The van der Waals surface area contributed by atoms with Gasteiger partial charge < -0.3 is 15.2 Å². The molecule has 1 amide bonds. The molecule has 0 unspecified atom stereocenters. The highest BCUT2D eigenvalue weighted by atomic mass is 32.2. The third-order valence-electron chi connectivity index (χ3n) is 5.55. The Kier molecular flexibility index (Phi) is 6.87. The number of nitrogens with one attached hydrogen (secondary N) is 1. The van der Waals surface area contributed by atoms with Crippen LogP contribution in [0.15, 0.2) is 69.3 Å². The summed E-state index contributed by atoms with van der Waals surface area (Å²) in [4.78, 5) is 46.6. The first kappa shape index (κ1) is 23.4. The summed E-state index contributed by atoms with van der Waals surface area (Å²) >= 11 is 1.30. The van der Waals surface area contributed by atoms with Crippen LogP contribution >= 0.6 is 11.8 Å². The molecule has 0 spiro atoms. The number of aromatic nitrogens is 4. The molecule has 0 bridgehead atoms. The summed E-state index contributed by atoms with van der Waals surface area (Å²) in [6.07, 6.45) is 0. The van der Waals surface area contributed by atoms with Crippen molar-refractivity contribution in [2.75, 3.05) is 22.9 Å². The second kappa shape index (κ2) is 10.0. The Balaban J connectivity index is 1.62. The van der Waals surface area contributed by atoms with Gasteiger partial charge in [0.05, 0.1) is 23.3 Å². The van der Waals surface area contributed by atoms with E-state index in [0.717, 1.165) is 21.8 Å². The summed E-state index contributed by atoms with van der Waals surface area (Å²) in [5.74, 6) is -0.281. The van der Waals surface area contributed by atoms with Gasteiger partial charge in [0.25, 0.3) is 5.56 Å². The maximum Gasteiger partial charge on any atom is 0.330 e. The van der Waals surface area contributed by atoms with Crippen molar-refractivity contribution in [1.82, 2.24) is 19.1 Å². The molecule has 0 atom stereocenters. The molecule has 2 aromatic carbocycles. The summed E-state index contributed by atoms with van der Waals surface area (Å²) in [6.45, 7) is 4.90. The van der Waals surface area contributed by atoms with Crippen molar-refractivity contribution in [3.05, 3.63) is 81.0 Å². The molecule has 34 heavy (non-hydrogen) atoms. The van der Waals surface area contributed by atoms with E-state index in [2.05, 4.69) is 9.97 Å². The predicted molar refractivity (Wildman–Crippen MR) is 135 cm³/mol. The van der Waals surface area contributed by atoms with Crippen LogP contribution in [0.2, 0.25) is 0 Å². The average molecular weight is 479 g/mol. The molecule has 0 saturated heterocycles. The fourth-order valence-corrected chi connectivity index (χ4v) is 4.85. The van der Waals surface area contributed by atoms with Crippen molar-refractivity contribution in [1.29, 1.82) is 0 Å². The first-order chi connectivity index (χ1) is 16.4. The Labute approximate surface area is 200 Å². The molecule has 176 valence electrons. The van der Waals surface area contributed by atoms with Gasteiger partial charge in [0.2, 0.25) is 5.91 Å². The number of aromatic amines is 1. The maximum absolute atomic E-state index is 13.2. The number of carbonyl (C=O) groups is 1. The number of hydrogen-bond acceptors (Lipinski definition) is 6. The lowest BCUT2D eigenvalue weighted by Crippen LogP contribution is -2.41. The number of nitrogens with zero attached hydrogens (tertiary/aromatic N) is 4. The number of benzene rings is 2. The molecule has 0 radical (unpaired) electrons. The van der Waals surface area contributed by atoms with Crippen LogP contribution in [0.25, 0.3) is 11.0 Å². The number of nitrogen functional groups attached to an aromatic ring is 1. The zero-order chi connectivity index (χ0) is 24.2. The van der Waals surface area contributed by atoms with E-state index in [1.165, 1.54) is 21.2 Å². The molecule has 0 fully saturated rings. The molecule has 2 heterocycles. The van der Waals surface area contributed by atoms with E-state index < -0.39 is 11.2 Å². The van der Waals surface area contributed by atoms with Crippen LogP contribution in [0, 0.1) is 0 Å². The number of carbonyl (C=O) groups excluding carboxylic acids is 1.